The summed E-state index contributed by atoms with van der Waals surface area (Å²) in [6.07, 6.45) is -0.298. The predicted molar refractivity (Wildman–Crippen MR) is 54.3 cm³/mol. The van der Waals surface area contributed by atoms with Gasteiger partial charge in [-0.25, -0.2) is 4.79 Å². The minimum Gasteiger partial charge on any atom is -0.447 e. The molecule has 1 aromatic carbocycles. The number of anilines is 2. The molecule has 74 valence electrons. The summed E-state index contributed by atoms with van der Waals surface area (Å²) < 4.78 is 4.84. The topological polar surface area (TPSA) is 55.6 Å². The predicted octanol–water partition coefficient (Wildman–Crippen LogP) is 1.53. The van der Waals surface area contributed by atoms with Crippen molar-refractivity contribution in [3.8, 4) is 0 Å². The molecule has 0 atom stereocenters. The third-order valence-electron chi connectivity index (χ3n) is 2.34. The molecule has 2 rings (SSSR count). The largest absolute Gasteiger partial charge is 0.447 e. The van der Waals surface area contributed by atoms with Crippen molar-refractivity contribution in [2.45, 2.75) is 6.92 Å². The second kappa shape index (κ2) is 3.21. The fourth-order valence-corrected chi connectivity index (χ4v) is 1.42. The lowest BCUT2D eigenvalue weighted by molar-refractivity contribution is 0.181. The minimum atomic E-state index is -0.298. The molecule has 0 spiro atoms. The average molecular weight is 192 g/mol. The summed E-state index contributed by atoms with van der Waals surface area (Å²) in [6, 6.07) is 5.57. The van der Waals surface area contributed by atoms with Crippen LogP contribution in [0.1, 0.15) is 5.56 Å². The number of benzene rings is 1. The standard InChI is InChI=1S/C10H12N2O2/c1-7-2-3-8(6-9(7)11)12-4-5-14-10(12)13/h2-3,6H,4-5,11H2,1H3. The van der Waals surface area contributed by atoms with E-state index in [1.807, 2.05) is 19.1 Å². The van der Waals surface area contributed by atoms with Crippen molar-refractivity contribution >= 4 is 17.5 Å². The number of carbonyl (C=O) groups is 1. The number of aryl methyl sites for hydroxylation is 1. The van der Waals surface area contributed by atoms with E-state index in [4.69, 9.17) is 10.5 Å². The molecule has 4 nitrogen and oxygen atoms in total. The second-order valence-corrected chi connectivity index (χ2v) is 3.31. The van der Waals surface area contributed by atoms with Gasteiger partial charge in [-0.2, -0.15) is 0 Å². The van der Waals surface area contributed by atoms with Crippen LogP contribution in [0.3, 0.4) is 0 Å². The zero-order valence-electron chi connectivity index (χ0n) is 7.99. The summed E-state index contributed by atoms with van der Waals surface area (Å²) in [5.41, 5.74) is 8.27. The highest BCUT2D eigenvalue weighted by Crippen LogP contribution is 2.23. The number of carbonyl (C=O) groups excluding carboxylic acids is 1. The molecule has 0 aromatic heterocycles. The van der Waals surface area contributed by atoms with E-state index in [0.717, 1.165) is 11.3 Å². The monoisotopic (exact) mass is 192 g/mol. The molecule has 1 fully saturated rings. The van der Waals surface area contributed by atoms with Crippen molar-refractivity contribution in [1.29, 1.82) is 0 Å². The summed E-state index contributed by atoms with van der Waals surface area (Å²) in [6.45, 7) is 2.98. The fraction of sp³-hybridized carbons (Fsp3) is 0.300. The van der Waals surface area contributed by atoms with E-state index >= 15 is 0 Å². The zero-order valence-corrected chi connectivity index (χ0v) is 7.99. The zero-order chi connectivity index (χ0) is 10.1. The molecule has 4 heteroatoms. The van der Waals surface area contributed by atoms with Crippen molar-refractivity contribution in [3.05, 3.63) is 23.8 Å². The van der Waals surface area contributed by atoms with Crippen molar-refractivity contribution in [2.24, 2.45) is 0 Å². The molecular weight excluding hydrogens is 180 g/mol. The van der Waals surface area contributed by atoms with E-state index in [2.05, 4.69) is 0 Å². The van der Waals surface area contributed by atoms with Gasteiger partial charge in [-0.05, 0) is 24.6 Å². The SMILES string of the molecule is Cc1ccc(N2CCOC2=O)cc1N. The number of cyclic esters (lactones) is 1. The number of amides is 1. The Balaban J connectivity index is 2.32. The molecule has 0 radical (unpaired) electrons. The van der Waals surface area contributed by atoms with Gasteiger partial charge in [0, 0.05) is 11.4 Å². The first-order chi connectivity index (χ1) is 6.68. The van der Waals surface area contributed by atoms with Gasteiger partial charge < -0.3 is 10.5 Å². The van der Waals surface area contributed by atoms with Crippen molar-refractivity contribution < 1.29 is 9.53 Å². The Kier molecular flexibility index (Phi) is 2.04. The Morgan fingerprint density at radius 1 is 1.50 bits per heavy atom. The number of ether oxygens (including phenoxy) is 1. The van der Waals surface area contributed by atoms with Gasteiger partial charge in [0.15, 0.2) is 0 Å². The van der Waals surface area contributed by atoms with Crippen molar-refractivity contribution in [2.75, 3.05) is 23.8 Å². The van der Waals surface area contributed by atoms with Crippen molar-refractivity contribution in [3.63, 3.8) is 0 Å². The van der Waals surface area contributed by atoms with Gasteiger partial charge in [-0.1, -0.05) is 6.07 Å². The molecule has 2 N–H and O–H groups in total. The van der Waals surface area contributed by atoms with Gasteiger partial charge in [0.1, 0.15) is 6.61 Å². The van der Waals surface area contributed by atoms with Crippen LogP contribution in [0.2, 0.25) is 0 Å². The lowest BCUT2D eigenvalue weighted by Gasteiger charge is -2.13. The normalized spacial score (nSPS) is 15.8. The van der Waals surface area contributed by atoms with Crippen LogP contribution in [0.15, 0.2) is 18.2 Å². The summed E-state index contributed by atoms with van der Waals surface area (Å²) in [5.74, 6) is 0. The van der Waals surface area contributed by atoms with Crippen LogP contribution in [0.5, 0.6) is 0 Å². The van der Waals surface area contributed by atoms with Crippen LogP contribution in [-0.2, 0) is 4.74 Å². The first-order valence-corrected chi connectivity index (χ1v) is 4.49. The van der Waals surface area contributed by atoms with E-state index in [1.165, 1.54) is 0 Å². The first-order valence-electron chi connectivity index (χ1n) is 4.49. The quantitative estimate of drug-likeness (QED) is 0.686. The molecule has 14 heavy (non-hydrogen) atoms. The third kappa shape index (κ3) is 1.39. The van der Waals surface area contributed by atoms with Crippen LogP contribution in [0, 0.1) is 6.92 Å². The molecule has 1 saturated heterocycles. The van der Waals surface area contributed by atoms with E-state index < -0.39 is 0 Å². The number of nitrogen functional groups attached to an aromatic ring is 1. The highest BCUT2D eigenvalue weighted by Gasteiger charge is 2.23. The fourth-order valence-electron chi connectivity index (χ4n) is 1.42. The number of rotatable bonds is 1. The number of hydrogen-bond acceptors (Lipinski definition) is 3. The van der Waals surface area contributed by atoms with E-state index in [1.54, 1.807) is 11.0 Å². The Bertz CT molecular complexity index is 376. The Morgan fingerprint density at radius 3 is 2.86 bits per heavy atom. The molecule has 0 unspecified atom stereocenters. The molecule has 1 heterocycles. The molecule has 1 amide bonds. The van der Waals surface area contributed by atoms with Gasteiger partial charge in [-0.15, -0.1) is 0 Å². The van der Waals surface area contributed by atoms with E-state index in [-0.39, 0.29) is 6.09 Å². The molecule has 1 aliphatic rings. The maximum atomic E-state index is 11.2. The molecule has 1 aromatic rings. The lowest BCUT2D eigenvalue weighted by Crippen LogP contribution is -2.23. The number of hydrogen-bond donors (Lipinski definition) is 1. The van der Waals surface area contributed by atoms with Crippen LogP contribution >= 0.6 is 0 Å². The minimum absolute atomic E-state index is 0.298. The molecule has 0 saturated carbocycles. The lowest BCUT2D eigenvalue weighted by atomic mass is 10.2. The highest BCUT2D eigenvalue weighted by atomic mass is 16.6. The smallest absolute Gasteiger partial charge is 0.414 e. The van der Waals surface area contributed by atoms with Crippen LogP contribution in [-0.4, -0.2) is 19.2 Å². The summed E-state index contributed by atoms with van der Waals surface area (Å²) in [5, 5.41) is 0. The van der Waals surface area contributed by atoms with Crippen LogP contribution < -0.4 is 10.6 Å². The van der Waals surface area contributed by atoms with Crippen LogP contribution in [0.4, 0.5) is 16.2 Å². The first kappa shape index (κ1) is 8.87. The van der Waals surface area contributed by atoms with Gasteiger partial charge in [0.25, 0.3) is 0 Å². The Labute approximate surface area is 82.3 Å². The number of nitrogens with two attached hydrogens (primary N) is 1. The van der Waals surface area contributed by atoms with E-state index in [0.29, 0.717) is 18.8 Å². The Hall–Kier alpha value is -1.71. The van der Waals surface area contributed by atoms with Crippen LogP contribution in [0.25, 0.3) is 0 Å². The van der Waals surface area contributed by atoms with Gasteiger partial charge in [-0.3, -0.25) is 4.90 Å². The summed E-state index contributed by atoms with van der Waals surface area (Å²) in [7, 11) is 0. The summed E-state index contributed by atoms with van der Waals surface area (Å²) >= 11 is 0. The third-order valence-corrected chi connectivity index (χ3v) is 2.34. The van der Waals surface area contributed by atoms with Gasteiger partial charge in [0.2, 0.25) is 0 Å². The summed E-state index contributed by atoms with van der Waals surface area (Å²) in [4.78, 5) is 12.8. The second-order valence-electron chi connectivity index (χ2n) is 3.31. The van der Waals surface area contributed by atoms with E-state index in [9.17, 15) is 4.79 Å². The Morgan fingerprint density at radius 2 is 2.29 bits per heavy atom. The molecule has 0 aliphatic carbocycles. The van der Waals surface area contributed by atoms with Gasteiger partial charge in [0.05, 0.1) is 6.54 Å². The maximum absolute atomic E-state index is 11.2. The molecular formula is C10H12N2O2. The molecule has 0 bridgehead atoms. The maximum Gasteiger partial charge on any atom is 0.414 e. The number of nitrogens with zero attached hydrogens (tertiary/aromatic N) is 1. The van der Waals surface area contributed by atoms with Crippen molar-refractivity contribution in [1.82, 2.24) is 0 Å². The average Bonchev–Trinajstić information content (AvgIpc) is 2.57. The molecule has 1 aliphatic heterocycles. The highest BCUT2D eigenvalue weighted by molar-refractivity contribution is 5.90. The van der Waals surface area contributed by atoms with Gasteiger partial charge >= 0.3 is 6.09 Å².